The van der Waals surface area contributed by atoms with Crippen LogP contribution in [0.5, 0.6) is 0 Å². The van der Waals surface area contributed by atoms with Gasteiger partial charge in [0.25, 0.3) is 0 Å². The van der Waals surface area contributed by atoms with E-state index in [9.17, 15) is 0 Å². The number of pyridine rings is 1. The lowest BCUT2D eigenvalue weighted by Crippen LogP contribution is -2.24. The van der Waals surface area contributed by atoms with Crippen molar-refractivity contribution in [3.8, 4) is 0 Å². The van der Waals surface area contributed by atoms with Gasteiger partial charge in [-0.1, -0.05) is 45.4 Å². The summed E-state index contributed by atoms with van der Waals surface area (Å²) in [5.74, 6) is 0.733. The van der Waals surface area contributed by atoms with Crippen molar-refractivity contribution in [3.63, 3.8) is 0 Å². The molecule has 1 aromatic heterocycles. The Labute approximate surface area is 122 Å². The van der Waals surface area contributed by atoms with Gasteiger partial charge in [0.1, 0.15) is 0 Å². The highest BCUT2D eigenvalue weighted by Gasteiger charge is 2.16. The molecule has 0 saturated carbocycles. The van der Waals surface area contributed by atoms with Crippen LogP contribution in [0.25, 0.3) is 10.9 Å². The van der Waals surface area contributed by atoms with Crippen LogP contribution < -0.4 is 5.32 Å². The highest BCUT2D eigenvalue weighted by molar-refractivity contribution is 5.82. The van der Waals surface area contributed by atoms with Crippen molar-refractivity contribution in [3.05, 3.63) is 42.1 Å². The molecule has 0 radical (unpaired) electrons. The zero-order valence-electron chi connectivity index (χ0n) is 12.9. The van der Waals surface area contributed by atoms with Crippen LogP contribution in [0.1, 0.15) is 51.6 Å². The van der Waals surface area contributed by atoms with E-state index in [-0.39, 0.29) is 0 Å². The van der Waals surface area contributed by atoms with Crippen LogP contribution in [0, 0.1) is 5.92 Å². The van der Waals surface area contributed by atoms with Crippen molar-refractivity contribution in [1.82, 2.24) is 10.3 Å². The van der Waals surface area contributed by atoms with Crippen LogP contribution >= 0.6 is 0 Å². The minimum absolute atomic E-state index is 0.429. The van der Waals surface area contributed by atoms with Gasteiger partial charge >= 0.3 is 0 Å². The molecule has 108 valence electrons. The second-order valence-electron chi connectivity index (χ2n) is 5.67. The summed E-state index contributed by atoms with van der Waals surface area (Å²) in [5.41, 5.74) is 2.49. The molecule has 2 nitrogen and oxygen atoms in total. The van der Waals surface area contributed by atoms with Crippen molar-refractivity contribution in [1.29, 1.82) is 0 Å². The van der Waals surface area contributed by atoms with E-state index in [4.69, 9.17) is 0 Å². The molecule has 1 heterocycles. The second-order valence-corrected chi connectivity index (χ2v) is 5.67. The number of benzene rings is 1. The summed E-state index contributed by atoms with van der Waals surface area (Å²) >= 11 is 0. The first-order valence-corrected chi connectivity index (χ1v) is 7.83. The summed E-state index contributed by atoms with van der Waals surface area (Å²) in [6.45, 7) is 7.89. The summed E-state index contributed by atoms with van der Waals surface area (Å²) < 4.78 is 0. The number of para-hydroxylation sites is 1. The minimum Gasteiger partial charge on any atom is -0.310 e. The third-order valence-electron chi connectivity index (χ3n) is 4.03. The Bertz CT molecular complexity index is 530. The Balaban J connectivity index is 2.34. The van der Waals surface area contributed by atoms with E-state index in [2.05, 4.69) is 61.4 Å². The molecule has 0 aliphatic rings. The van der Waals surface area contributed by atoms with Crippen LogP contribution in [0.3, 0.4) is 0 Å². The fourth-order valence-corrected chi connectivity index (χ4v) is 2.63. The molecule has 0 saturated heterocycles. The van der Waals surface area contributed by atoms with Crippen molar-refractivity contribution >= 4 is 10.9 Å². The molecule has 20 heavy (non-hydrogen) atoms. The third kappa shape index (κ3) is 3.57. The maximum atomic E-state index is 4.48. The Morgan fingerprint density at radius 1 is 1.15 bits per heavy atom. The molecular weight excluding hydrogens is 244 g/mol. The normalized spacial score (nSPS) is 14.3. The first-order valence-electron chi connectivity index (χ1n) is 7.83. The van der Waals surface area contributed by atoms with Gasteiger partial charge in [-0.05, 0) is 43.0 Å². The van der Waals surface area contributed by atoms with Crippen LogP contribution in [-0.4, -0.2) is 11.5 Å². The summed E-state index contributed by atoms with van der Waals surface area (Å²) in [4.78, 5) is 4.48. The summed E-state index contributed by atoms with van der Waals surface area (Å²) in [5, 5.41) is 5.00. The summed E-state index contributed by atoms with van der Waals surface area (Å²) in [7, 11) is 0. The fraction of sp³-hybridized carbons (Fsp3) is 0.500. The fourth-order valence-electron chi connectivity index (χ4n) is 2.63. The van der Waals surface area contributed by atoms with E-state index < -0.39 is 0 Å². The maximum Gasteiger partial charge on any atom is 0.0705 e. The first kappa shape index (κ1) is 15.0. The Morgan fingerprint density at radius 2 is 1.95 bits per heavy atom. The Morgan fingerprint density at radius 3 is 2.70 bits per heavy atom. The van der Waals surface area contributed by atoms with Gasteiger partial charge in [-0.3, -0.25) is 4.98 Å². The van der Waals surface area contributed by atoms with Gasteiger partial charge in [0.2, 0.25) is 0 Å². The monoisotopic (exact) mass is 270 g/mol. The van der Waals surface area contributed by atoms with Gasteiger partial charge in [-0.2, -0.15) is 0 Å². The van der Waals surface area contributed by atoms with E-state index in [0.717, 1.165) is 18.0 Å². The lowest BCUT2D eigenvalue weighted by Gasteiger charge is -2.23. The first-order chi connectivity index (χ1) is 9.76. The molecule has 2 heteroatoms. The zero-order chi connectivity index (χ0) is 14.4. The quantitative estimate of drug-likeness (QED) is 0.788. The van der Waals surface area contributed by atoms with Crippen molar-refractivity contribution < 1.29 is 0 Å². The molecule has 2 rings (SSSR count). The number of hydrogen-bond acceptors (Lipinski definition) is 2. The van der Waals surface area contributed by atoms with E-state index in [1.807, 2.05) is 6.20 Å². The molecule has 1 aromatic carbocycles. The topological polar surface area (TPSA) is 24.9 Å². The maximum absolute atomic E-state index is 4.48. The number of rotatable bonds is 7. The summed E-state index contributed by atoms with van der Waals surface area (Å²) in [6, 6.07) is 11.1. The van der Waals surface area contributed by atoms with Gasteiger partial charge < -0.3 is 5.32 Å². The Kier molecular flexibility index (Phi) is 5.54. The molecule has 0 aliphatic carbocycles. The van der Waals surface area contributed by atoms with Crippen molar-refractivity contribution in [2.24, 2.45) is 5.92 Å². The van der Waals surface area contributed by atoms with E-state index >= 15 is 0 Å². The highest BCUT2D eigenvalue weighted by Crippen LogP contribution is 2.28. The van der Waals surface area contributed by atoms with E-state index in [1.54, 1.807) is 0 Å². The molecule has 2 aromatic rings. The molecular formula is C18H26N2. The van der Waals surface area contributed by atoms with Crippen LogP contribution in [0.2, 0.25) is 0 Å². The predicted molar refractivity (Wildman–Crippen MR) is 86.8 cm³/mol. The third-order valence-corrected chi connectivity index (χ3v) is 4.03. The Hall–Kier alpha value is -1.41. The van der Waals surface area contributed by atoms with Gasteiger partial charge in [0, 0.05) is 17.6 Å². The average Bonchev–Trinajstić information content (AvgIpc) is 2.50. The smallest absolute Gasteiger partial charge is 0.0705 e. The number of nitrogens with one attached hydrogen (secondary N) is 1. The van der Waals surface area contributed by atoms with Crippen molar-refractivity contribution in [2.45, 2.75) is 46.1 Å². The molecule has 0 bridgehead atoms. The van der Waals surface area contributed by atoms with E-state index in [0.29, 0.717) is 6.04 Å². The summed E-state index contributed by atoms with van der Waals surface area (Å²) in [6.07, 6.45) is 5.52. The number of aromatic nitrogens is 1. The molecule has 0 amide bonds. The van der Waals surface area contributed by atoms with Crippen LogP contribution in [0.15, 0.2) is 36.5 Å². The molecule has 0 fully saturated rings. The lowest BCUT2D eigenvalue weighted by molar-refractivity contribution is 0.404. The largest absolute Gasteiger partial charge is 0.310 e. The minimum atomic E-state index is 0.429. The van der Waals surface area contributed by atoms with E-state index in [1.165, 1.54) is 30.2 Å². The van der Waals surface area contributed by atoms with Crippen LogP contribution in [0.4, 0.5) is 0 Å². The number of hydrogen-bond donors (Lipinski definition) is 1. The SMILES string of the molecule is CCCNC(CC(C)CC)c1ccnc2ccccc12. The van der Waals surface area contributed by atoms with Gasteiger partial charge in [-0.25, -0.2) is 0 Å². The molecule has 2 unspecified atom stereocenters. The predicted octanol–water partition coefficient (Wildman–Crippen LogP) is 4.71. The molecule has 2 atom stereocenters. The number of fused-ring (bicyclic) bond motifs is 1. The second kappa shape index (κ2) is 7.39. The zero-order valence-corrected chi connectivity index (χ0v) is 12.9. The highest BCUT2D eigenvalue weighted by atomic mass is 14.9. The van der Waals surface area contributed by atoms with Crippen LogP contribution in [-0.2, 0) is 0 Å². The molecule has 0 spiro atoms. The van der Waals surface area contributed by atoms with Crippen molar-refractivity contribution in [2.75, 3.05) is 6.54 Å². The number of nitrogens with zero attached hydrogens (tertiary/aromatic N) is 1. The lowest BCUT2D eigenvalue weighted by atomic mass is 9.92. The molecule has 1 N–H and O–H groups in total. The van der Waals surface area contributed by atoms with Gasteiger partial charge in [0.15, 0.2) is 0 Å². The van der Waals surface area contributed by atoms with Gasteiger partial charge in [0.05, 0.1) is 5.52 Å². The molecule has 0 aliphatic heterocycles. The average molecular weight is 270 g/mol. The van der Waals surface area contributed by atoms with Gasteiger partial charge in [-0.15, -0.1) is 0 Å². The standard InChI is InChI=1S/C18H26N2/c1-4-11-19-18(13-14(3)5-2)16-10-12-20-17-9-7-6-8-15(16)17/h6-10,12,14,18-19H,4-5,11,13H2,1-3H3.